The number of aryl methyl sites for hydroxylation is 1. The monoisotopic (exact) mass is 422 g/mol. The van der Waals surface area contributed by atoms with Gasteiger partial charge in [0.1, 0.15) is 17.7 Å². The number of H-pyrrole nitrogens is 2. The van der Waals surface area contributed by atoms with E-state index in [0.717, 1.165) is 33.5 Å². The molecule has 1 aromatic carbocycles. The van der Waals surface area contributed by atoms with Gasteiger partial charge in [-0.15, -0.1) is 0 Å². The van der Waals surface area contributed by atoms with Gasteiger partial charge in [0.15, 0.2) is 17.2 Å². The lowest BCUT2D eigenvalue weighted by atomic mass is 10.0. The normalized spacial score (nSPS) is 11.4. The summed E-state index contributed by atoms with van der Waals surface area (Å²) in [5.41, 5.74) is 7.15. The summed E-state index contributed by atoms with van der Waals surface area (Å²) in [6.07, 6.45) is 6.56. The summed E-state index contributed by atoms with van der Waals surface area (Å²) < 4.78 is 14.0. The predicted molar refractivity (Wildman–Crippen MR) is 118 cm³/mol. The fourth-order valence-corrected chi connectivity index (χ4v) is 3.81. The molecular formula is C23H15FN8. The van der Waals surface area contributed by atoms with Gasteiger partial charge in [-0.1, -0.05) is 6.07 Å². The van der Waals surface area contributed by atoms with E-state index < -0.39 is 0 Å². The zero-order valence-corrected chi connectivity index (χ0v) is 16.8. The van der Waals surface area contributed by atoms with Crippen LogP contribution < -0.4 is 0 Å². The van der Waals surface area contributed by atoms with Crippen LogP contribution in [0.15, 0.2) is 61.3 Å². The number of rotatable bonds is 3. The van der Waals surface area contributed by atoms with E-state index in [0.29, 0.717) is 28.2 Å². The van der Waals surface area contributed by atoms with Crippen molar-refractivity contribution in [2.75, 3.05) is 0 Å². The van der Waals surface area contributed by atoms with E-state index in [1.54, 1.807) is 18.6 Å². The van der Waals surface area contributed by atoms with Crippen LogP contribution in [-0.2, 0) is 0 Å². The Labute approximate surface area is 180 Å². The van der Waals surface area contributed by atoms with Crippen LogP contribution in [0.2, 0.25) is 0 Å². The van der Waals surface area contributed by atoms with Gasteiger partial charge in [-0.25, -0.2) is 29.3 Å². The zero-order chi connectivity index (χ0) is 21.7. The highest BCUT2D eigenvalue weighted by Crippen LogP contribution is 2.31. The predicted octanol–water partition coefficient (Wildman–Crippen LogP) is 4.47. The van der Waals surface area contributed by atoms with Crippen LogP contribution in [0.1, 0.15) is 5.56 Å². The lowest BCUT2D eigenvalue weighted by Gasteiger charge is -2.04. The van der Waals surface area contributed by atoms with Crippen molar-refractivity contribution in [2.45, 2.75) is 6.92 Å². The number of nitrogens with zero attached hydrogens (tertiary/aromatic N) is 6. The summed E-state index contributed by atoms with van der Waals surface area (Å²) in [4.78, 5) is 25.2. The maximum absolute atomic E-state index is 14.0. The molecule has 6 aromatic rings. The second-order valence-electron chi connectivity index (χ2n) is 7.45. The van der Waals surface area contributed by atoms with Gasteiger partial charge >= 0.3 is 0 Å². The molecule has 154 valence electrons. The lowest BCUT2D eigenvalue weighted by molar-refractivity contribution is 0.627. The number of benzene rings is 1. The lowest BCUT2D eigenvalue weighted by Crippen LogP contribution is -1.88. The van der Waals surface area contributed by atoms with Crippen LogP contribution in [0.25, 0.3) is 56.1 Å². The van der Waals surface area contributed by atoms with Crippen LogP contribution in [0.4, 0.5) is 4.39 Å². The number of nitrogens with one attached hydrogen (secondary N) is 2. The first-order valence-corrected chi connectivity index (χ1v) is 9.89. The molecule has 0 atom stereocenters. The van der Waals surface area contributed by atoms with Crippen molar-refractivity contribution in [3.8, 4) is 33.9 Å². The van der Waals surface area contributed by atoms with E-state index in [1.807, 2.05) is 31.2 Å². The number of fused-ring (bicyclic) bond motifs is 2. The maximum Gasteiger partial charge on any atom is 0.178 e. The molecule has 0 fully saturated rings. The average molecular weight is 422 g/mol. The molecule has 2 N–H and O–H groups in total. The van der Waals surface area contributed by atoms with Gasteiger partial charge < -0.3 is 4.98 Å². The Balaban J connectivity index is 1.52. The van der Waals surface area contributed by atoms with Gasteiger partial charge in [0.05, 0.1) is 16.7 Å². The third kappa shape index (κ3) is 2.99. The van der Waals surface area contributed by atoms with Gasteiger partial charge in [0.2, 0.25) is 0 Å². The summed E-state index contributed by atoms with van der Waals surface area (Å²) in [5.74, 6) is 0.234. The zero-order valence-electron chi connectivity index (χ0n) is 16.8. The molecule has 32 heavy (non-hydrogen) atoms. The Kier molecular flexibility index (Phi) is 4.00. The van der Waals surface area contributed by atoms with Crippen molar-refractivity contribution in [3.05, 3.63) is 72.7 Å². The third-order valence-corrected chi connectivity index (χ3v) is 5.23. The molecule has 6 rings (SSSR count). The number of imidazole rings is 1. The number of aromatic nitrogens is 8. The molecule has 8 nitrogen and oxygen atoms in total. The molecule has 0 spiro atoms. The number of pyridine rings is 2. The second kappa shape index (κ2) is 7.02. The van der Waals surface area contributed by atoms with Crippen molar-refractivity contribution in [1.82, 2.24) is 40.1 Å². The smallest absolute Gasteiger partial charge is 0.178 e. The molecule has 0 aliphatic carbocycles. The van der Waals surface area contributed by atoms with Crippen molar-refractivity contribution >= 4 is 22.2 Å². The minimum absolute atomic E-state index is 0.287. The van der Waals surface area contributed by atoms with Gasteiger partial charge in [-0.2, -0.15) is 5.10 Å². The molecule has 9 heteroatoms. The topological polar surface area (TPSA) is 109 Å². The van der Waals surface area contributed by atoms with Crippen LogP contribution in [0, 0.1) is 12.7 Å². The molecule has 0 bridgehead atoms. The first kappa shape index (κ1) is 18.3. The van der Waals surface area contributed by atoms with Crippen LogP contribution in [0.3, 0.4) is 0 Å². The molecule has 0 unspecified atom stereocenters. The summed E-state index contributed by atoms with van der Waals surface area (Å²) >= 11 is 0. The van der Waals surface area contributed by atoms with Gasteiger partial charge in [0.25, 0.3) is 0 Å². The van der Waals surface area contributed by atoms with Crippen molar-refractivity contribution in [3.63, 3.8) is 0 Å². The van der Waals surface area contributed by atoms with Crippen molar-refractivity contribution < 1.29 is 4.39 Å². The minimum atomic E-state index is -0.287. The number of hydrogen-bond donors (Lipinski definition) is 2. The second-order valence-corrected chi connectivity index (χ2v) is 7.45. The highest BCUT2D eigenvalue weighted by atomic mass is 19.1. The molecule has 5 aromatic heterocycles. The van der Waals surface area contributed by atoms with Gasteiger partial charge in [0, 0.05) is 29.7 Å². The largest absolute Gasteiger partial charge is 0.335 e. The highest BCUT2D eigenvalue weighted by molar-refractivity contribution is 5.95. The average Bonchev–Trinajstić information content (AvgIpc) is 3.42. The highest BCUT2D eigenvalue weighted by Gasteiger charge is 2.17. The summed E-state index contributed by atoms with van der Waals surface area (Å²) in [6, 6.07) is 10.6. The fourth-order valence-electron chi connectivity index (χ4n) is 3.81. The SMILES string of the molecule is Cc1cc(F)cc(-c2ccnc3nc(-c4n[nH]c5ccc(-c6cncnc6)nc45)[nH]c23)c1. The summed E-state index contributed by atoms with van der Waals surface area (Å²) in [5, 5.41) is 7.42. The summed E-state index contributed by atoms with van der Waals surface area (Å²) in [6.45, 7) is 1.86. The van der Waals surface area contributed by atoms with E-state index in [1.165, 1.54) is 18.5 Å². The van der Waals surface area contributed by atoms with Crippen LogP contribution in [0.5, 0.6) is 0 Å². The van der Waals surface area contributed by atoms with Crippen LogP contribution >= 0.6 is 0 Å². The molecule has 0 amide bonds. The van der Waals surface area contributed by atoms with E-state index in [9.17, 15) is 4.39 Å². The first-order chi connectivity index (χ1) is 15.7. The molecule has 0 aliphatic heterocycles. The molecule has 0 radical (unpaired) electrons. The van der Waals surface area contributed by atoms with Crippen LogP contribution in [-0.4, -0.2) is 40.1 Å². The fraction of sp³-hybridized carbons (Fsp3) is 0.0435. The molecule has 0 saturated heterocycles. The Morgan fingerprint density at radius 1 is 0.938 bits per heavy atom. The maximum atomic E-state index is 14.0. The molecule has 0 aliphatic rings. The Hall–Kier alpha value is -4.53. The summed E-state index contributed by atoms with van der Waals surface area (Å²) in [7, 11) is 0. The van der Waals surface area contributed by atoms with E-state index >= 15 is 0 Å². The van der Waals surface area contributed by atoms with Crippen molar-refractivity contribution in [1.29, 1.82) is 0 Å². The Morgan fingerprint density at radius 3 is 2.66 bits per heavy atom. The number of halogens is 1. The molecular weight excluding hydrogens is 407 g/mol. The van der Waals surface area contributed by atoms with E-state index in [-0.39, 0.29) is 5.82 Å². The number of hydrogen-bond acceptors (Lipinski definition) is 6. The Bertz CT molecular complexity index is 1580. The van der Waals surface area contributed by atoms with Gasteiger partial charge in [-0.05, 0) is 48.4 Å². The molecule has 0 saturated carbocycles. The standard InChI is InChI=1S/C23H15FN8/c1-12-6-13(8-15(24)7-12)16-4-5-27-22-19(16)29-23(30-22)21-20-18(31-32-21)3-2-17(28-20)14-9-25-11-26-10-14/h2-11H,1H3,(H,31,32)(H,27,29,30). The van der Waals surface area contributed by atoms with Crippen molar-refractivity contribution in [2.24, 2.45) is 0 Å². The number of aromatic amines is 2. The minimum Gasteiger partial charge on any atom is -0.335 e. The first-order valence-electron chi connectivity index (χ1n) is 9.89. The third-order valence-electron chi connectivity index (χ3n) is 5.23. The quantitative estimate of drug-likeness (QED) is 0.436. The van der Waals surface area contributed by atoms with E-state index in [2.05, 4.69) is 35.1 Å². The Morgan fingerprint density at radius 2 is 1.81 bits per heavy atom. The van der Waals surface area contributed by atoms with E-state index in [4.69, 9.17) is 4.98 Å². The van der Waals surface area contributed by atoms with Gasteiger partial charge in [-0.3, -0.25) is 5.10 Å². The molecule has 5 heterocycles.